The molecule has 1 heterocycles. The van der Waals surface area contributed by atoms with E-state index in [2.05, 4.69) is 14.7 Å². The second-order valence-electron chi connectivity index (χ2n) is 5.07. The number of rotatable bonds is 5. The molecule has 4 nitrogen and oxygen atoms in total. The largest absolute Gasteiger partial charge is 0.325 e. The van der Waals surface area contributed by atoms with Crippen LogP contribution in [0.2, 0.25) is 5.02 Å². The van der Waals surface area contributed by atoms with E-state index in [0.29, 0.717) is 10.8 Å². The number of nitrogens with zero attached hydrogens (tertiary/aromatic N) is 2. The molecule has 0 saturated heterocycles. The summed E-state index contributed by atoms with van der Waals surface area (Å²) >= 11 is 8.78. The summed E-state index contributed by atoms with van der Waals surface area (Å²) in [5.41, 5.74) is 2.75. The first kappa shape index (κ1) is 17.0. The Hall–Kier alpha value is -1.89. The summed E-state index contributed by atoms with van der Waals surface area (Å²) in [6.07, 6.45) is 0. The molecule has 2 aromatic carbocycles. The summed E-state index contributed by atoms with van der Waals surface area (Å²) in [5, 5.41) is 3.48. The molecule has 122 valence electrons. The number of benzene rings is 2. The van der Waals surface area contributed by atoms with E-state index < -0.39 is 0 Å². The van der Waals surface area contributed by atoms with Crippen LogP contribution >= 0.6 is 34.9 Å². The third kappa shape index (κ3) is 4.35. The molecule has 0 saturated carbocycles. The number of aromatic nitrogens is 2. The van der Waals surface area contributed by atoms with E-state index in [0.717, 1.165) is 21.2 Å². The van der Waals surface area contributed by atoms with E-state index in [-0.39, 0.29) is 11.7 Å². The second-order valence-corrected chi connectivity index (χ2v) is 7.45. The molecular formula is C17H14ClN3OS2. The molecule has 7 heteroatoms. The molecule has 0 radical (unpaired) electrons. The van der Waals surface area contributed by atoms with Crippen LogP contribution in [0.3, 0.4) is 0 Å². The summed E-state index contributed by atoms with van der Waals surface area (Å²) in [6.45, 7) is 2.01. The van der Waals surface area contributed by atoms with Crippen LogP contribution < -0.4 is 5.32 Å². The second kappa shape index (κ2) is 7.79. The number of halogens is 1. The molecule has 0 spiro atoms. The van der Waals surface area contributed by atoms with Crippen LogP contribution in [0.25, 0.3) is 11.4 Å². The Balaban J connectivity index is 1.58. The van der Waals surface area contributed by atoms with Crippen molar-refractivity contribution in [3.63, 3.8) is 0 Å². The van der Waals surface area contributed by atoms with E-state index in [1.165, 1.54) is 23.3 Å². The minimum atomic E-state index is -0.0710. The number of hydrogen-bond acceptors (Lipinski definition) is 5. The highest BCUT2D eigenvalue weighted by Crippen LogP contribution is 2.29. The van der Waals surface area contributed by atoms with Crippen LogP contribution in [0, 0.1) is 6.92 Å². The van der Waals surface area contributed by atoms with Crippen molar-refractivity contribution < 1.29 is 4.79 Å². The van der Waals surface area contributed by atoms with Crippen LogP contribution in [-0.2, 0) is 4.79 Å². The standard InChI is InChI=1S/C17H14ClN3OS2/c1-11-6-8-12(9-7-11)19-15(22)10-23-17-20-16(21-24-17)13-4-2-3-5-14(13)18/h2-9H,10H2,1H3,(H,19,22). The Kier molecular flexibility index (Phi) is 5.50. The van der Waals surface area contributed by atoms with Crippen molar-refractivity contribution >= 4 is 46.5 Å². The lowest BCUT2D eigenvalue weighted by atomic mass is 10.2. The van der Waals surface area contributed by atoms with Crippen LogP contribution in [0.15, 0.2) is 52.9 Å². The van der Waals surface area contributed by atoms with Gasteiger partial charge in [-0.15, -0.1) is 0 Å². The summed E-state index contributed by atoms with van der Waals surface area (Å²) < 4.78 is 5.05. The number of anilines is 1. The zero-order valence-corrected chi connectivity index (χ0v) is 15.2. The smallest absolute Gasteiger partial charge is 0.234 e. The number of carbonyl (C=O) groups is 1. The summed E-state index contributed by atoms with van der Waals surface area (Å²) in [7, 11) is 0. The lowest BCUT2D eigenvalue weighted by molar-refractivity contribution is -0.113. The first-order valence-corrected chi connectivity index (χ1v) is 9.33. The molecular weight excluding hydrogens is 362 g/mol. The number of aryl methyl sites for hydroxylation is 1. The number of hydrogen-bond donors (Lipinski definition) is 1. The molecule has 0 aliphatic rings. The zero-order chi connectivity index (χ0) is 16.9. The fraction of sp³-hybridized carbons (Fsp3) is 0.118. The SMILES string of the molecule is Cc1ccc(NC(=O)CSc2nc(-c3ccccc3Cl)ns2)cc1. The van der Waals surface area contributed by atoms with E-state index in [1.54, 1.807) is 6.07 Å². The number of amides is 1. The predicted molar refractivity (Wildman–Crippen MR) is 101 cm³/mol. The van der Waals surface area contributed by atoms with E-state index in [9.17, 15) is 4.79 Å². The quantitative estimate of drug-likeness (QED) is 0.644. The molecule has 0 bridgehead atoms. The maximum atomic E-state index is 12.0. The topological polar surface area (TPSA) is 54.9 Å². The van der Waals surface area contributed by atoms with Gasteiger partial charge in [0.15, 0.2) is 10.2 Å². The van der Waals surface area contributed by atoms with Gasteiger partial charge in [-0.05, 0) is 42.7 Å². The minimum Gasteiger partial charge on any atom is -0.325 e. The first-order valence-electron chi connectivity index (χ1n) is 7.20. The summed E-state index contributed by atoms with van der Waals surface area (Å²) in [6, 6.07) is 15.1. The number of nitrogens with one attached hydrogen (secondary N) is 1. The van der Waals surface area contributed by atoms with Gasteiger partial charge in [0, 0.05) is 11.3 Å². The third-order valence-electron chi connectivity index (χ3n) is 3.18. The molecule has 1 N–H and O–H groups in total. The average Bonchev–Trinajstić information content (AvgIpc) is 3.04. The Morgan fingerprint density at radius 3 is 2.71 bits per heavy atom. The van der Waals surface area contributed by atoms with Gasteiger partial charge in [-0.2, -0.15) is 4.37 Å². The van der Waals surface area contributed by atoms with Gasteiger partial charge < -0.3 is 5.32 Å². The maximum Gasteiger partial charge on any atom is 0.234 e. The molecule has 24 heavy (non-hydrogen) atoms. The van der Waals surface area contributed by atoms with Crippen molar-refractivity contribution in [2.75, 3.05) is 11.1 Å². The predicted octanol–water partition coefficient (Wildman–Crippen LogP) is 4.90. The highest BCUT2D eigenvalue weighted by atomic mass is 35.5. The van der Waals surface area contributed by atoms with Gasteiger partial charge in [0.05, 0.1) is 10.8 Å². The Morgan fingerprint density at radius 2 is 1.96 bits per heavy atom. The fourth-order valence-corrected chi connectivity index (χ4v) is 3.61. The Morgan fingerprint density at radius 1 is 1.21 bits per heavy atom. The molecule has 0 unspecified atom stereocenters. The molecule has 1 amide bonds. The van der Waals surface area contributed by atoms with Gasteiger partial charge in [0.2, 0.25) is 5.91 Å². The van der Waals surface area contributed by atoms with E-state index >= 15 is 0 Å². The van der Waals surface area contributed by atoms with Gasteiger partial charge >= 0.3 is 0 Å². The maximum absolute atomic E-state index is 12.0. The minimum absolute atomic E-state index is 0.0710. The van der Waals surface area contributed by atoms with Crippen molar-refractivity contribution in [1.82, 2.24) is 9.36 Å². The van der Waals surface area contributed by atoms with Crippen LogP contribution in [0.1, 0.15) is 5.56 Å². The summed E-state index contributed by atoms with van der Waals surface area (Å²) in [4.78, 5) is 16.4. The molecule has 1 aromatic heterocycles. The lowest BCUT2D eigenvalue weighted by Crippen LogP contribution is -2.13. The molecule has 3 rings (SSSR count). The van der Waals surface area contributed by atoms with Crippen molar-refractivity contribution in [2.24, 2.45) is 0 Å². The van der Waals surface area contributed by atoms with Crippen molar-refractivity contribution in [3.8, 4) is 11.4 Å². The normalized spacial score (nSPS) is 10.6. The summed E-state index contributed by atoms with van der Waals surface area (Å²) in [5.74, 6) is 0.802. The van der Waals surface area contributed by atoms with Crippen LogP contribution in [0.5, 0.6) is 0 Å². The van der Waals surface area contributed by atoms with Crippen molar-refractivity contribution in [3.05, 3.63) is 59.1 Å². The fourth-order valence-electron chi connectivity index (χ4n) is 1.98. The molecule has 0 atom stereocenters. The van der Waals surface area contributed by atoms with Gasteiger partial charge in [-0.3, -0.25) is 4.79 Å². The van der Waals surface area contributed by atoms with Crippen molar-refractivity contribution in [1.29, 1.82) is 0 Å². The monoisotopic (exact) mass is 375 g/mol. The van der Waals surface area contributed by atoms with Crippen LogP contribution in [0.4, 0.5) is 5.69 Å². The lowest BCUT2D eigenvalue weighted by Gasteiger charge is -2.04. The molecule has 0 aliphatic carbocycles. The zero-order valence-electron chi connectivity index (χ0n) is 12.8. The highest BCUT2D eigenvalue weighted by molar-refractivity contribution is 8.01. The van der Waals surface area contributed by atoms with Gasteiger partial charge in [0.1, 0.15) is 0 Å². The van der Waals surface area contributed by atoms with E-state index in [4.69, 9.17) is 11.6 Å². The van der Waals surface area contributed by atoms with E-state index in [1.807, 2.05) is 49.4 Å². The first-order chi connectivity index (χ1) is 11.6. The Labute approximate surface area is 153 Å². The van der Waals surface area contributed by atoms with Crippen LogP contribution in [-0.4, -0.2) is 21.0 Å². The molecule has 0 fully saturated rings. The number of carbonyl (C=O) groups excluding carboxylic acids is 1. The van der Waals surface area contributed by atoms with Gasteiger partial charge in [-0.1, -0.05) is 53.2 Å². The molecule has 3 aromatic rings. The number of thioether (sulfide) groups is 1. The highest BCUT2D eigenvalue weighted by Gasteiger charge is 2.11. The van der Waals surface area contributed by atoms with Crippen molar-refractivity contribution in [2.45, 2.75) is 11.3 Å². The average molecular weight is 376 g/mol. The Bertz CT molecular complexity index is 849. The van der Waals surface area contributed by atoms with Gasteiger partial charge in [-0.25, -0.2) is 4.98 Å². The molecule has 0 aliphatic heterocycles. The third-order valence-corrected chi connectivity index (χ3v) is 5.35. The van der Waals surface area contributed by atoms with Gasteiger partial charge in [0.25, 0.3) is 0 Å².